The highest BCUT2D eigenvalue weighted by molar-refractivity contribution is 7.48. The van der Waals surface area contributed by atoms with Crippen molar-refractivity contribution in [1.29, 1.82) is 0 Å². The van der Waals surface area contributed by atoms with E-state index in [4.69, 9.17) is 65.7 Å². The van der Waals surface area contributed by atoms with Gasteiger partial charge >= 0.3 is 25.8 Å². The van der Waals surface area contributed by atoms with Crippen LogP contribution in [0.2, 0.25) is 0 Å². The van der Waals surface area contributed by atoms with E-state index in [1.54, 1.807) is 6.92 Å². The normalized spacial score (nSPS) is 24.9. The number of ether oxygens (including phenoxy) is 11. The van der Waals surface area contributed by atoms with Gasteiger partial charge < -0.3 is 52.1 Å². The maximum Gasteiger partial charge on any atom is 0.510 e. The summed E-state index contributed by atoms with van der Waals surface area (Å²) in [5.41, 5.74) is -5.25. The van der Waals surface area contributed by atoms with Gasteiger partial charge in [0.05, 0.1) is 33.0 Å². The van der Waals surface area contributed by atoms with Gasteiger partial charge in [-0.15, -0.1) is 0 Å². The minimum absolute atomic E-state index is 0.0395. The van der Waals surface area contributed by atoms with E-state index in [0.29, 0.717) is 12.8 Å². The average Bonchev–Trinajstić information content (AvgIpc) is 3.75. The molecule has 2 aliphatic heterocycles. The number of phosphoric acid groups is 1. The van der Waals surface area contributed by atoms with Crippen molar-refractivity contribution < 1.29 is 84.2 Å². The SMILES string of the molecule is COCC(COC)OC(=O)OCOP(=O)(OCOC(=O)OC(COC)COC)OC[C@@]1(CF)O[C@@H](n2ccc(=O)[nH]c2=O)[C@]2(C)OC3(CCCC3)O[C@H]12. The van der Waals surface area contributed by atoms with E-state index in [-0.39, 0.29) is 26.4 Å². The van der Waals surface area contributed by atoms with E-state index in [1.807, 2.05) is 0 Å². The first kappa shape index (κ1) is 42.7. The Morgan fingerprint density at radius 1 is 0.906 bits per heavy atom. The van der Waals surface area contributed by atoms with Crippen LogP contribution in [0, 0.1) is 0 Å². The number of nitrogens with zero attached hydrogens (tertiary/aromatic N) is 1. The molecule has 1 spiro atoms. The number of halogens is 1. The molecule has 0 bridgehead atoms. The van der Waals surface area contributed by atoms with Crippen LogP contribution in [0.25, 0.3) is 0 Å². The van der Waals surface area contributed by atoms with Gasteiger partial charge in [-0.1, -0.05) is 0 Å². The van der Waals surface area contributed by atoms with Crippen LogP contribution >= 0.6 is 7.82 Å². The molecule has 0 unspecified atom stereocenters. The Balaban J connectivity index is 1.54. The zero-order chi connectivity index (χ0) is 38.7. The Morgan fingerprint density at radius 3 is 1.91 bits per heavy atom. The number of phosphoric ester groups is 1. The molecule has 2 saturated heterocycles. The van der Waals surface area contributed by atoms with Crippen molar-refractivity contribution in [2.24, 2.45) is 0 Å². The highest BCUT2D eigenvalue weighted by Gasteiger charge is 2.72. The lowest BCUT2D eigenvalue weighted by Crippen LogP contribution is -2.51. The molecule has 4 rings (SSSR count). The molecular formula is C30H46FN2O19P. The lowest BCUT2D eigenvalue weighted by atomic mass is 9.88. The predicted octanol–water partition coefficient (Wildman–Crippen LogP) is 1.92. The quantitative estimate of drug-likeness (QED) is 0.106. The van der Waals surface area contributed by atoms with Gasteiger partial charge in [-0.2, -0.15) is 0 Å². The summed E-state index contributed by atoms with van der Waals surface area (Å²) >= 11 is 0. The monoisotopic (exact) mass is 788 g/mol. The highest BCUT2D eigenvalue weighted by Crippen LogP contribution is 2.60. The highest BCUT2D eigenvalue weighted by atomic mass is 31.2. The standard InChI is InChI=1S/C30H46FN2O19P/c1-28-23(50-30(52-28)9-6-7-10-30)29(16-31,51-24(28)33-11-8-22(34)32-25(33)35)17-45-53(38,46-18-43-26(36)48-20(12-39-2)13-40-3)47-19-44-27(37)49-21(14-41-4)15-42-5/h8,11,20-21,23-24H,6-7,9-10,12-19H2,1-5H3,(H,32,34,35)/t23-,24+,28+,29+/m0/s1. The summed E-state index contributed by atoms with van der Waals surface area (Å²) in [7, 11) is 0.505. The third kappa shape index (κ3) is 10.6. The number of nitrogens with one attached hydrogen (secondary N) is 1. The summed E-state index contributed by atoms with van der Waals surface area (Å²) in [5, 5.41) is 0. The Kier molecular flexibility index (Phi) is 15.3. The molecule has 0 aromatic carbocycles. The van der Waals surface area contributed by atoms with Crippen molar-refractivity contribution >= 4 is 20.1 Å². The first-order valence-corrected chi connectivity index (χ1v) is 17.9. The molecular weight excluding hydrogens is 742 g/mol. The number of carbonyl (C=O) groups is 2. The molecule has 1 aromatic heterocycles. The van der Waals surface area contributed by atoms with Gasteiger partial charge in [0.25, 0.3) is 5.56 Å². The maximum absolute atomic E-state index is 15.4. The van der Waals surface area contributed by atoms with Crippen molar-refractivity contribution in [1.82, 2.24) is 9.55 Å². The maximum atomic E-state index is 15.4. The summed E-state index contributed by atoms with van der Waals surface area (Å²) in [6, 6.07) is 1.07. The first-order chi connectivity index (χ1) is 25.3. The van der Waals surface area contributed by atoms with E-state index in [0.717, 1.165) is 29.7 Å². The van der Waals surface area contributed by atoms with Crippen molar-refractivity contribution in [3.05, 3.63) is 33.1 Å². The van der Waals surface area contributed by atoms with Crippen LogP contribution in [-0.2, 0) is 70.2 Å². The molecule has 0 radical (unpaired) electrons. The third-order valence-corrected chi connectivity index (χ3v) is 9.74. The van der Waals surface area contributed by atoms with Crippen LogP contribution < -0.4 is 11.2 Å². The summed E-state index contributed by atoms with van der Waals surface area (Å²) in [4.78, 5) is 51.5. The molecule has 3 heterocycles. The number of aromatic nitrogens is 2. The number of rotatable bonds is 21. The van der Waals surface area contributed by atoms with Gasteiger partial charge in [-0.05, 0) is 19.8 Å². The smallest absolute Gasteiger partial charge is 0.426 e. The fraction of sp³-hybridized carbons (Fsp3) is 0.800. The van der Waals surface area contributed by atoms with Gasteiger partial charge in [0, 0.05) is 53.5 Å². The fourth-order valence-corrected chi connectivity index (χ4v) is 7.21. The number of methoxy groups -OCH3 is 4. The van der Waals surface area contributed by atoms with E-state index < -0.39 is 99.8 Å². The average molecular weight is 789 g/mol. The zero-order valence-corrected chi connectivity index (χ0v) is 30.9. The minimum Gasteiger partial charge on any atom is -0.426 e. The first-order valence-electron chi connectivity index (χ1n) is 16.4. The van der Waals surface area contributed by atoms with Crippen LogP contribution in [0.3, 0.4) is 0 Å². The lowest BCUT2D eigenvalue weighted by Gasteiger charge is -2.34. The number of fused-ring (bicyclic) bond motifs is 1. The molecule has 1 aliphatic carbocycles. The molecule has 4 atom stereocenters. The van der Waals surface area contributed by atoms with Gasteiger partial charge in [-0.25, -0.2) is 32.4 Å². The molecule has 0 amide bonds. The fourth-order valence-electron chi connectivity index (χ4n) is 6.24. The van der Waals surface area contributed by atoms with E-state index in [2.05, 4.69) is 4.98 Å². The number of hydrogen-bond donors (Lipinski definition) is 1. The predicted molar refractivity (Wildman–Crippen MR) is 171 cm³/mol. The van der Waals surface area contributed by atoms with E-state index in [9.17, 15) is 23.7 Å². The zero-order valence-electron chi connectivity index (χ0n) is 30.0. The Morgan fingerprint density at radius 2 is 1.43 bits per heavy atom. The molecule has 53 heavy (non-hydrogen) atoms. The Labute approximate surface area is 303 Å². The molecule has 3 aliphatic rings. The number of alkyl halides is 1. The molecule has 21 nitrogen and oxygen atoms in total. The summed E-state index contributed by atoms with van der Waals surface area (Å²) in [5.74, 6) is -1.15. The Hall–Kier alpha value is -3.02. The molecule has 23 heteroatoms. The molecule has 1 N–H and O–H groups in total. The van der Waals surface area contributed by atoms with Crippen molar-refractivity contribution in [2.75, 3.05) is 81.7 Å². The second kappa shape index (κ2) is 19.0. The number of aromatic amines is 1. The number of hydrogen-bond acceptors (Lipinski definition) is 19. The number of carbonyl (C=O) groups excluding carboxylic acids is 2. The molecule has 302 valence electrons. The van der Waals surface area contributed by atoms with Crippen molar-refractivity contribution in [2.45, 2.75) is 74.1 Å². The third-order valence-electron chi connectivity index (χ3n) is 8.45. The van der Waals surface area contributed by atoms with Gasteiger partial charge in [0.1, 0.15) is 18.4 Å². The topological polar surface area (TPSA) is 235 Å². The second-order valence-corrected chi connectivity index (χ2v) is 14.1. The molecule has 1 aromatic rings. The van der Waals surface area contributed by atoms with Crippen LogP contribution in [-0.4, -0.2) is 139 Å². The van der Waals surface area contributed by atoms with Gasteiger partial charge in [0.2, 0.25) is 13.6 Å². The van der Waals surface area contributed by atoms with Crippen LogP contribution in [0.1, 0.15) is 38.8 Å². The van der Waals surface area contributed by atoms with Gasteiger partial charge in [-0.3, -0.25) is 18.9 Å². The summed E-state index contributed by atoms with van der Waals surface area (Å²) in [6.07, 6.45) is -3.42. The van der Waals surface area contributed by atoms with Gasteiger partial charge in [0.15, 0.2) is 29.8 Å². The lowest BCUT2D eigenvalue weighted by molar-refractivity contribution is -0.253. The summed E-state index contributed by atoms with van der Waals surface area (Å²) in [6.45, 7) is -3.07. The van der Waals surface area contributed by atoms with Crippen LogP contribution in [0.5, 0.6) is 0 Å². The van der Waals surface area contributed by atoms with Crippen molar-refractivity contribution in [3.63, 3.8) is 0 Å². The molecule has 1 saturated carbocycles. The van der Waals surface area contributed by atoms with E-state index >= 15 is 4.39 Å². The summed E-state index contributed by atoms with van der Waals surface area (Å²) < 4.78 is 105. The minimum atomic E-state index is -4.98. The Bertz CT molecular complexity index is 1470. The number of H-pyrrole nitrogens is 1. The largest absolute Gasteiger partial charge is 0.510 e. The van der Waals surface area contributed by atoms with E-state index in [1.165, 1.54) is 28.4 Å². The van der Waals surface area contributed by atoms with Crippen LogP contribution in [0.15, 0.2) is 21.9 Å². The van der Waals surface area contributed by atoms with Crippen molar-refractivity contribution in [3.8, 4) is 0 Å². The van der Waals surface area contributed by atoms with Crippen LogP contribution in [0.4, 0.5) is 14.0 Å². The molecule has 3 fully saturated rings. The second-order valence-electron chi connectivity index (χ2n) is 12.4.